The number of esters is 1. The maximum atomic E-state index is 12.4. The molecule has 1 unspecified atom stereocenters. The first kappa shape index (κ1) is 28.8. The molecule has 11 heteroatoms. The molecule has 180 valence electrons. The molecule has 0 rings (SSSR count). The maximum Gasteiger partial charge on any atom is 0.330 e. The monoisotopic (exact) mass is 454 g/mol. The molecule has 11 nitrogen and oxygen atoms in total. The topological polar surface area (TPSA) is 160 Å². The second kappa shape index (κ2) is 18.5. The van der Waals surface area contributed by atoms with Gasteiger partial charge in [-0.2, -0.15) is 0 Å². The van der Waals surface area contributed by atoms with Crippen LogP contribution in [0.2, 0.25) is 0 Å². The molecule has 0 fully saturated rings. The average Bonchev–Trinajstić information content (AvgIpc) is 2.78. The molecular weight excluding hydrogens is 420 g/mol. The van der Waals surface area contributed by atoms with Crippen LogP contribution in [0.5, 0.6) is 0 Å². The van der Waals surface area contributed by atoms with Crippen LogP contribution >= 0.6 is 0 Å². The number of rotatable bonds is 17. The summed E-state index contributed by atoms with van der Waals surface area (Å²) in [5, 5.41) is 10.4. The van der Waals surface area contributed by atoms with Gasteiger partial charge in [0.2, 0.25) is 23.6 Å². The highest BCUT2D eigenvalue weighted by Crippen LogP contribution is 2.02. The number of hydrogen-bond acceptors (Lipinski definition) is 7. The van der Waals surface area contributed by atoms with Crippen LogP contribution in [0.15, 0.2) is 12.2 Å². The van der Waals surface area contributed by atoms with Gasteiger partial charge in [-0.05, 0) is 19.3 Å². The molecule has 32 heavy (non-hydrogen) atoms. The van der Waals surface area contributed by atoms with Crippen LogP contribution in [0.1, 0.15) is 51.9 Å². The zero-order valence-electron chi connectivity index (χ0n) is 18.7. The molecular formula is C21H34N4O7. The van der Waals surface area contributed by atoms with Crippen LogP contribution < -0.4 is 21.3 Å². The minimum Gasteiger partial charge on any atom is -0.466 e. The molecule has 1 atom stereocenters. The van der Waals surface area contributed by atoms with Gasteiger partial charge in [0.1, 0.15) is 12.3 Å². The zero-order valence-corrected chi connectivity index (χ0v) is 18.7. The normalized spacial score (nSPS) is 11.3. The van der Waals surface area contributed by atoms with Gasteiger partial charge in [-0.25, -0.2) is 4.79 Å². The van der Waals surface area contributed by atoms with Gasteiger partial charge < -0.3 is 30.8 Å². The van der Waals surface area contributed by atoms with Gasteiger partial charge in [-0.1, -0.05) is 19.8 Å². The van der Waals surface area contributed by atoms with E-state index in [0.717, 1.165) is 25.0 Å². The largest absolute Gasteiger partial charge is 0.466 e. The van der Waals surface area contributed by atoms with E-state index < -0.39 is 17.9 Å². The van der Waals surface area contributed by atoms with Crippen molar-refractivity contribution in [3.63, 3.8) is 0 Å². The van der Waals surface area contributed by atoms with E-state index in [1.165, 1.54) is 7.11 Å². The number of carbonyl (C=O) groups excluding carboxylic acids is 6. The Labute approximate surface area is 188 Å². The second-order valence-corrected chi connectivity index (χ2v) is 6.88. The summed E-state index contributed by atoms with van der Waals surface area (Å²) in [6, 6.07) is -0.677. The second-order valence-electron chi connectivity index (χ2n) is 6.88. The lowest BCUT2D eigenvalue weighted by molar-refractivity contribution is -0.135. The van der Waals surface area contributed by atoms with Crippen molar-refractivity contribution in [1.29, 1.82) is 0 Å². The van der Waals surface area contributed by atoms with Crippen molar-refractivity contribution in [3.8, 4) is 0 Å². The van der Waals surface area contributed by atoms with E-state index in [-0.39, 0.29) is 50.2 Å². The molecule has 0 spiro atoms. The van der Waals surface area contributed by atoms with E-state index in [1.807, 2.05) is 6.92 Å². The fourth-order valence-electron chi connectivity index (χ4n) is 2.50. The summed E-state index contributed by atoms with van der Waals surface area (Å²) in [5.41, 5.74) is 0. The van der Waals surface area contributed by atoms with E-state index in [9.17, 15) is 28.8 Å². The van der Waals surface area contributed by atoms with E-state index in [4.69, 9.17) is 0 Å². The van der Waals surface area contributed by atoms with Crippen molar-refractivity contribution < 1.29 is 33.5 Å². The van der Waals surface area contributed by atoms with E-state index >= 15 is 0 Å². The highest BCUT2D eigenvalue weighted by atomic mass is 16.5. The van der Waals surface area contributed by atoms with E-state index in [1.54, 1.807) is 0 Å². The number of hydrogen-bond donors (Lipinski definition) is 4. The molecule has 0 saturated carbocycles. The first-order chi connectivity index (χ1) is 15.3. The van der Waals surface area contributed by atoms with Gasteiger partial charge in [-0.3, -0.25) is 19.2 Å². The molecule has 0 aromatic rings. The number of aldehydes is 1. The highest BCUT2D eigenvalue weighted by molar-refractivity contribution is 5.94. The number of ether oxygens (including phenoxy) is 1. The summed E-state index contributed by atoms with van der Waals surface area (Å²) in [6.45, 7) is 2.45. The fraction of sp³-hybridized carbons (Fsp3) is 0.619. The summed E-state index contributed by atoms with van der Waals surface area (Å²) in [6.07, 6.45) is 5.82. The van der Waals surface area contributed by atoms with Crippen LogP contribution in [-0.4, -0.2) is 68.7 Å². The third-order valence-electron chi connectivity index (χ3n) is 4.21. The quantitative estimate of drug-likeness (QED) is 0.0997. The summed E-state index contributed by atoms with van der Waals surface area (Å²) in [5.74, 6) is -2.02. The average molecular weight is 455 g/mol. The Morgan fingerprint density at radius 2 is 1.53 bits per heavy atom. The third-order valence-corrected chi connectivity index (χ3v) is 4.21. The van der Waals surface area contributed by atoms with Crippen LogP contribution in [0, 0.1) is 0 Å². The Kier molecular flexibility index (Phi) is 16.6. The molecule has 0 aromatic heterocycles. The molecule has 0 aliphatic heterocycles. The van der Waals surface area contributed by atoms with Crippen molar-refractivity contribution in [1.82, 2.24) is 21.3 Å². The minimum absolute atomic E-state index is 0.0375. The molecule has 0 aliphatic rings. The number of amides is 4. The molecule has 4 amide bonds. The SMILES string of the molecule is CCCCC(NC(=O)CCCNC(=O)/C=C/C(=O)OC)C(=O)NCCCC(=O)NCC=O. The molecule has 0 bridgehead atoms. The number of carbonyl (C=O) groups is 6. The highest BCUT2D eigenvalue weighted by Gasteiger charge is 2.19. The van der Waals surface area contributed by atoms with Crippen LogP contribution in [0.3, 0.4) is 0 Å². The van der Waals surface area contributed by atoms with Crippen LogP contribution in [-0.2, 0) is 33.5 Å². The third kappa shape index (κ3) is 15.6. The predicted octanol–water partition coefficient (Wildman–Crippen LogP) is -0.501. The van der Waals surface area contributed by atoms with E-state index in [0.29, 0.717) is 25.5 Å². The van der Waals surface area contributed by atoms with Gasteiger partial charge in [0.15, 0.2) is 0 Å². The molecule has 4 N–H and O–H groups in total. The maximum absolute atomic E-state index is 12.4. The number of unbranched alkanes of at least 4 members (excludes halogenated alkanes) is 1. The van der Waals surface area contributed by atoms with Crippen LogP contribution in [0.4, 0.5) is 0 Å². The van der Waals surface area contributed by atoms with Gasteiger partial charge >= 0.3 is 5.97 Å². The Morgan fingerprint density at radius 3 is 2.16 bits per heavy atom. The summed E-state index contributed by atoms with van der Waals surface area (Å²) in [4.78, 5) is 68.6. The summed E-state index contributed by atoms with van der Waals surface area (Å²) >= 11 is 0. The Balaban J connectivity index is 4.29. The summed E-state index contributed by atoms with van der Waals surface area (Å²) < 4.78 is 4.38. The molecule has 0 heterocycles. The smallest absolute Gasteiger partial charge is 0.330 e. The Bertz CT molecular complexity index is 665. The lowest BCUT2D eigenvalue weighted by Crippen LogP contribution is -2.47. The van der Waals surface area contributed by atoms with Crippen LogP contribution in [0.25, 0.3) is 0 Å². The zero-order chi connectivity index (χ0) is 24.2. The fourth-order valence-corrected chi connectivity index (χ4v) is 2.50. The van der Waals surface area contributed by atoms with Gasteiger partial charge in [0.05, 0.1) is 13.7 Å². The Hall–Kier alpha value is -3.24. The lowest BCUT2D eigenvalue weighted by Gasteiger charge is -2.18. The first-order valence-electron chi connectivity index (χ1n) is 10.6. The Morgan fingerprint density at radius 1 is 0.875 bits per heavy atom. The molecule has 0 aliphatic carbocycles. The first-order valence-corrected chi connectivity index (χ1v) is 10.6. The van der Waals surface area contributed by atoms with Crippen molar-refractivity contribution in [2.45, 2.75) is 57.9 Å². The van der Waals surface area contributed by atoms with Crippen molar-refractivity contribution in [2.24, 2.45) is 0 Å². The van der Waals surface area contributed by atoms with Gasteiger partial charge in [0.25, 0.3) is 0 Å². The van der Waals surface area contributed by atoms with E-state index in [2.05, 4.69) is 26.0 Å². The van der Waals surface area contributed by atoms with Crippen molar-refractivity contribution >= 4 is 35.9 Å². The minimum atomic E-state index is -0.677. The lowest BCUT2D eigenvalue weighted by atomic mass is 10.1. The van der Waals surface area contributed by atoms with Gasteiger partial charge in [-0.15, -0.1) is 0 Å². The predicted molar refractivity (Wildman–Crippen MR) is 116 cm³/mol. The van der Waals surface area contributed by atoms with Crippen molar-refractivity contribution in [2.75, 3.05) is 26.7 Å². The van der Waals surface area contributed by atoms with Gasteiger partial charge in [0, 0.05) is 38.1 Å². The molecule has 0 saturated heterocycles. The number of nitrogens with one attached hydrogen (secondary N) is 4. The molecule has 0 aromatic carbocycles. The number of methoxy groups -OCH3 is 1. The standard InChI is InChI=1S/C21H34N4O7/c1-3-4-7-16(21(31)24-13-5-8-17(27)23-14-15-26)25-19(29)9-6-12-22-18(28)10-11-20(30)32-2/h10-11,15-16H,3-9,12-14H2,1-2H3,(H,22,28)(H,23,27)(H,24,31)(H,25,29)/b11-10+. The molecule has 0 radical (unpaired) electrons. The van der Waals surface area contributed by atoms with Crippen molar-refractivity contribution in [3.05, 3.63) is 12.2 Å². The summed E-state index contributed by atoms with van der Waals surface area (Å²) in [7, 11) is 1.20.